The SMILES string of the molecule is CC(C)Sc1ccc(C(=O)C2CCCNC2)cc1. The van der Waals surface area contributed by atoms with Gasteiger partial charge in [-0.15, -0.1) is 11.8 Å². The molecule has 1 heterocycles. The van der Waals surface area contributed by atoms with Crippen LogP contribution in [0, 0.1) is 5.92 Å². The standard InChI is InChI=1S/C15H21NOS/c1-11(2)18-14-7-5-12(6-8-14)15(17)13-4-3-9-16-10-13/h5-8,11,13,16H,3-4,9-10H2,1-2H3. The first-order valence-electron chi connectivity index (χ1n) is 6.68. The number of nitrogens with one attached hydrogen (secondary N) is 1. The summed E-state index contributed by atoms with van der Waals surface area (Å²) in [6, 6.07) is 8.08. The summed E-state index contributed by atoms with van der Waals surface area (Å²) in [5, 5.41) is 3.88. The second-order valence-electron chi connectivity index (χ2n) is 5.10. The van der Waals surface area contributed by atoms with Gasteiger partial charge >= 0.3 is 0 Å². The minimum Gasteiger partial charge on any atom is -0.316 e. The van der Waals surface area contributed by atoms with Crippen LogP contribution in [-0.4, -0.2) is 24.1 Å². The number of piperidine rings is 1. The Morgan fingerprint density at radius 3 is 2.61 bits per heavy atom. The average molecular weight is 263 g/mol. The smallest absolute Gasteiger partial charge is 0.167 e. The molecule has 1 atom stereocenters. The molecule has 1 fully saturated rings. The van der Waals surface area contributed by atoms with Gasteiger partial charge in [0.05, 0.1) is 0 Å². The van der Waals surface area contributed by atoms with Crippen molar-refractivity contribution in [3.63, 3.8) is 0 Å². The minimum absolute atomic E-state index is 0.169. The van der Waals surface area contributed by atoms with Gasteiger partial charge in [-0.05, 0) is 31.5 Å². The number of carbonyl (C=O) groups is 1. The van der Waals surface area contributed by atoms with Crippen LogP contribution in [-0.2, 0) is 0 Å². The maximum atomic E-state index is 12.3. The predicted molar refractivity (Wildman–Crippen MR) is 77.4 cm³/mol. The van der Waals surface area contributed by atoms with Crippen LogP contribution in [0.25, 0.3) is 0 Å². The van der Waals surface area contributed by atoms with E-state index in [4.69, 9.17) is 0 Å². The van der Waals surface area contributed by atoms with Crippen LogP contribution >= 0.6 is 11.8 Å². The van der Waals surface area contributed by atoms with Gasteiger partial charge in [0.15, 0.2) is 5.78 Å². The van der Waals surface area contributed by atoms with Crippen molar-refractivity contribution < 1.29 is 4.79 Å². The Morgan fingerprint density at radius 2 is 2.06 bits per heavy atom. The molecule has 0 radical (unpaired) electrons. The Bertz CT molecular complexity index is 393. The van der Waals surface area contributed by atoms with Gasteiger partial charge in [0.25, 0.3) is 0 Å². The molecule has 1 aromatic carbocycles. The number of rotatable bonds is 4. The summed E-state index contributed by atoms with van der Waals surface area (Å²) in [7, 11) is 0. The third-order valence-electron chi connectivity index (χ3n) is 3.18. The van der Waals surface area contributed by atoms with Gasteiger partial charge in [0, 0.05) is 28.2 Å². The fraction of sp³-hybridized carbons (Fsp3) is 0.533. The van der Waals surface area contributed by atoms with E-state index in [2.05, 4.69) is 31.3 Å². The zero-order valence-electron chi connectivity index (χ0n) is 11.1. The normalized spacial score (nSPS) is 20.1. The number of hydrogen-bond donors (Lipinski definition) is 1. The highest BCUT2D eigenvalue weighted by Gasteiger charge is 2.21. The van der Waals surface area contributed by atoms with Crippen LogP contribution in [0.2, 0.25) is 0 Å². The molecule has 1 unspecified atom stereocenters. The topological polar surface area (TPSA) is 29.1 Å². The van der Waals surface area contributed by atoms with Crippen molar-refractivity contribution in [2.45, 2.75) is 36.8 Å². The molecule has 1 aromatic rings. The van der Waals surface area contributed by atoms with E-state index >= 15 is 0 Å². The van der Waals surface area contributed by atoms with Gasteiger partial charge in [-0.1, -0.05) is 26.0 Å². The monoisotopic (exact) mass is 263 g/mol. The van der Waals surface area contributed by atoms with E-state index < -0.39 is 0 Å². The lowest BCUT2D eigenvalue weighted by molar-refractivity contribution is 0.0899. The third kappa shape index (κ3) is 3.59. The average Bonchev–Trinajstić information content (AvgIpc) is 2.39. The number of ketones is 1. The summed E-state index contributed by atoms with van der Waals surface area (Å²) in [5.74, 6) is 0.464. The fourth-order valence-electron chi connectivity index (χ4n) is 2.28. The van der Waals surface area contributed by atoms with Crippen LogP contribution in [0.4, 0.5) is 0 Å². The van der Waals surface area contributed by atoms with E-state index in [1.165, 1.54) is 4.90 Å². The largest absolute Gasteiger partial charge is 0.316 e. The second kappa shape index (κ2) is 6.39. The first-order valence-corrected chi connectivity index (χ1v) is 7.56. The Kier molecular flexibility index (Phi) is 4.84. The molecule has 98 valence electrons. The van der Waals surface area contributed by atoms with E-state index in [-0.39, 0.29) is 5.92 Å². The van der Waals surface area contributed by atoms with Gasteiger partial charge in [0.2, 0.25) is 0 Å². The molecule has 1 aliphatic heterocycles. The predicted octanol–water partition coefficient (Wildman–Crippen LogP) is 3.37. The first kappa shape index (κ1) is 13.6. The van der Waals surface area contributed by atoms with Crippen LogP contribution in [0.15, 0.2) is 29.2 Å². The van der Waals surface area contributed by atoms with Crippen molar-refractivity contribution in [3.05, 3.63) is 29.8 Å². The lowest BCUT2D eigenvalue weighted by atomic mass is 9.91. The summed E-state index contributed by atoms with van der Waals surface area (Å²) in [5.41, 5.74) is 0.858. The van der Waals surface area contributed by atoms with Gasteiger partial charge in [-0.2, -0.15) is 0 Å². The molecule has 1 N–H and O–H groups in total. The zero-order chi connectivity index (χ0) is 13.0. The summed E-state index contributed by atoms with van der Waals surface area (Å²) in [4.78, 5) is 13.5. The number of Topliss-reactive ketones (excluding diaryl/α,β-unsaturated/α-hetero) is 1. The molecule has 3 heteroatoms. The van der Waals surface area contributed by atoms with Crippen LogP contribution in [0.3, 0.4) is 0 Å². The molecule has 0 saturated carbocycles. The Hall–Kier alpha value is -0.800. The van der Waals surface area contributed by atoms with Crippen molar-refractivity contribution in [1.82, 2.24) is 5.32 Å². The molecule has 0 spiro atoms. The first-order chi connectivity index (χ1) is 8.66. The summed E-state index contributed by atoms with van der Waals surface area (Å²) >= 11 is 1.83. The van der Waals surface area contributed by atoms with Crippen molar-refractivity contribution in [1.29, 1.82) is 0 Å². The van der Waals surface area contributed by atoms with Crippen molar-refractivity contribution in [2.24, 2.45) is 5.92 Å². The van der Waals surface area contributed by atoms with Crippen molar-refractivity contribution >= 4 is 17.5 Å². The van der Waals surface area contributed by atoms with Crippen LogP contribution in [0.5, 0.6) is 0 Å². The zero-order valence-corrected chi connectivity index (χ0v) is 11.9. The molecule has 0 amide bonds. The molecular weight excluding hydrogens is 242 g/mol. The molecule has 1 saturated heterocycles. The van der Waals surface area contributed by atoms with Crippen molar-refractivity contribution in [2.75, 3.05) is 13.1 Å². The Balaban J connectivity index is 2.02. The maximum Gasteiger partial charge on any atom is 0.167 e. The molecule has 2 nitrogen and oxygen atoms in total. The maximum absolute atomic E-state index is 12.3. The highest BCUT2D eigenvalue weighted by atomic mass is 32.2. The van der Waals surface area contributed by atoms with Crippen molar-refractivity contribution in [3.8, 4) is 0 Å². The molecule has 2 rings (SSSR count). The second-order valence-corrected chi connectivity index (χ2v) is 6.75. The van der Waals surface area contributed by atoms with Gasteiger partial charge in [-0.25, -0.2) is 0 Å². The third-order valence-corrected chi connectivity index (χ3v) is 4.19. The van der Waals surface area contributed by atoms with E-state index in [0.29, 0.717) is 11.0 Å². The fourth-order valence-corrected chi connectivity index (χ4v) is 3.12. The van der Waals surface area contributed by atoms with Gasteiger partial charge in [-0.3, -0.25) is 4.79 Å². The number of thioether (sulfide) groups is 1. The van der Waals surface area contributed by atoms with Gasteiger partial charge < -0.3 is 5.32 Å². The number of hydrogen-bond acceptors (Lipinski definition) is 3. The van der Waals surface area contributed by atoms with Gasteiger partial charge in [0.1, 0.15) is 0 Å². The Morgan fingerprint density at radius 1 is 1.33 bits per heavy atom. The van der Waals surface area contributed by atoms with Crippen LogP contribution in [0.1, 0.15) is 37.0 Å². The van der Waals surface area contributed by atoms with Crippen LogP contribution < -0.4 is 5.32 Å². The number of benzene rings is 1. The highest BCUT2D eigenvalue weighted by molar-refractivity contribution is 7.99. The van der Waals surface area contributed by atoms with E-state index in [1.54, 1.807) is 0 Å². The molecule has 1 aliphatic rings. The highest BCUT2D eigenvalue weighted by Crippen LogP contribution is 2.24. The summed E-state index contributed by atoms with van der Waals surface area (Å²) in [6.45, 7) is 6.24. The minimum atomic E-state index is 0.169. The molecular formula is C15H21NOS. The summed E-state index contributed by atoms with van der Waals surface area (Å²) < 4.78 is 0. The quantitative estimate of drug-likeness (QED) is 0.667. The lowest BCUT2D eigenvalue weighted by Gasteiger charge is -2.21. The van der Waals surface area contributed by atoms with E-state index in [9.17, 15) is 4.79 Å². The molecule has 0 aliphatic carbocycles. The summed E-state index contributed by atoms with van der Waals surface area (Å²) in [6.07, 6.45) is 2.13. The number of carbonyl (C=O) groups excluding carboxylic acids is 1. The molecule has 0 bridgehead atoms. The molecule has 0 aromatic heterocycles. The molecule has 18 heavy (non-hydrogen) atoms. The van der Waals surface area contributed by atoms with E-state index in [1.807, 2.05) is 23.9 Å². The Labute approximate surface area is 114 Å². The van der Waals surface area contributed by atoms with E-state index in [0.717, 1.165) is 31.5 Å². The lowest BCUT2D eigenvalue weighted by Crippen LogP contribution is -2.34.